The van der Waals surface area contributed by atoms with Crippen LogP contribution in [0.25, 0.3) is 11.1 Å². The van der Waals surface area contributed by atoms with Crippen LogP contribution < -0.4 is 21.5 Å². The second-order valence-electron chi connectivity index (χ2n) is 9.70. The molecule has 3 N–H and O–H groups in total. The Morgan fingerprint density at radius 2 is 1.84 bits per heavy atom. The van der Waals surface area contributed by atoms with Crippen LogP contribution in [-0.2, 0) is 24.2 Å². The van der Waals surface area contributed by atoms with Gasteiger partial charge in [-0.25, -0.2) is 9.97 Å². The Balaban J connectivity index is 1.30. The normalized spacial score (nSPS) is 14.2. The van der Waals surface area contributed by atoms with Crippen molar-refractivity contribution in [3.63, 3.8) is 0 Å². The van der Waals surface area contributed by atoms with Gasteiger partial charge in [0.2, 0.25) is 5.91 Å². The summed E-state index contributed by atoms with van der Waals surface area (Å²) in [6.07, 6.45) is 3.69. The first-order valence-corrected chi connectivity index (χ1v) is 12.9. The van der Waals surface area contributed by atoms with Crippen LogP contribution in [0.1, 0.15) is 35.0 Å². The summed E-state index contributed by atoms with van der Waals surface area (Å²) >= 11 is 0. The molecule has 0 fully saturated rings. The molecule has 0 bridgehead atoms. The molecule has 0 saturated heterocycles. The molecule has 1 aliphatic heterocycles. The summed E-state index contributed by atoms with van der Waals surface area (Å²) in [4.78, 5) is 37.3. The van der Waals surface area contributed by atoms with Gasteiger partial charge in [-0.1, -0.05) is 60.7 Å². The zero-order valence-electron chi connectivity index (χ0n) is 21.7. The Hall–Kier alpha value is -4.46. The summed E-state index contributed by atoms with van der Waals surface area (Å²) in [6.45, 7) is 2.81. The van der Waals surface area contributed by atoms with Crippen molar-refractivity contribution in [3.8, 4) is 11.1 Å². The molecule has 0 saturated carbocycles. The van der Waals surface area contributed by atoms with E-state index >= 15 is 0 Å². The number of nitrogen functional groups attached to an aromatic ring is 1. The quantitative estimate of drug-likeness (QED) is 0.376. The number of carbonyl (C=O) groups excluding carboxylic acids is 1. The van der Waals surface area contributed by atoms with Crippen molar-refractivity contribution in [2.24, 2.45) is 0 Å². The number of amides is 1. The Morgan fingerprint density at radius 1 is 1.08 bits per heavy atom. The largest absolute Gasteiger partial charge is 0.384 e. The average molecular weight is 509 g/mol. The number of nitrogens with one attached hydrogen (secondary N) is 1. The SMILES string of the molecule is Cc1nc(N)ccc1CNC(=O)[C@@H]1CCc2cnc(N(C)CCc3ccccc3-c3ccccc3)c(=O)n21. The van der Waals surface area contributed by atoms with E-state index in [-0.39, 0.29) is 11.5 Å². The molecule has 2 aromatic heterocycles. The van der Waals surface area contributed by atoms with Gasteiger partial charge in [-0.3, -0.25) is 14.2 Å². The predicted molar refractivity (Wildman–Crippen MR) is 150 cm³/mol. The van der Waals surface area contributed by atoms with Gasteiger partial charge in [-0.2, -0.15) is 0 Å². The number of nitrogens with two attached hydrogens (primary N) is 1. The molecule has 5 rings (SSSR count). The van der Waals surface area contributed by atoms with Crippen LogP contribution >= 0.6 is 0 Å². The van der Waals surface area contributed by atoms with Gasteiger partial charge in [0.15, 0.2) is 5.82 Å². The molecule has 0 unspecified atom stereocenters. The molecule has 38 heavy (non-hydrogen) atoms. The lowest BCUT2D eigenvalue weighted by Crippen LogP contribution is -2.38. The molecule has 8 heteroatoms. The Bertz CT molecular complexity index is 1520. The highest BCUT2D eigenvalue weighted by molar-refractivity contribution is 5.81. The van der Waals surface area contributed by atoms with Crippen LogP contribution in [0.15, 0.2) is 77.7 Å². The summed E-state index contributed by atoms with van der Waals surface area (Å²) < 4.78 is 1.61. The predicted octanol–water partition coefficient (Wildman–Crippen LogP) is 3.68. The molecule has 8 nitrogen and oxygen atoms in total. The highest BCUT2D eigenvalue weighted by Crippen LogP contribution is 2.26. The molecule has 0 aliphatic carbocycles. The Kier molecular flexibility index (Phi) is 7.22. The lowest BCUT2D eigenvalue weighted by Gasteiger charge is -2.21. The second-order valence-corrected chi connectivity index (χ2v) is 9.70. The van der Waals surface area contributed by atoms with Crippen molar-refractivity contribution < 1.29 is 4.79 Å². The minimum Gasteiger partial charge on any atom is -0.384 e. The van der Waals surface area contributed by atoms with Gasteiger partial charge < -0.3 is 16.0 Å². The maximum absolute atomic E-state index is 13.5. The minimum absolute atomic E-state index is 0.182. The van der Waals surface area contributed by atoms with Crippen LogP contribution in [0.2, 0.25) is 0 Å². The number of anilines is 2. The van der Waals surface area contributed by atoms with Gasteiger partial charge >= 0.3 is 0 Å². The van der Waals surface area contributed by atoms with Crippen molar-refractivity contribution in [3.05, 3.63) is 106 Å². The minimum atomic E-state index is -0.562. The topological polar surface area (TPSA) is 106 Å². The van der Waals surface area contributed by atoms with Gasteiger partial charge in [-0.15, -0.1) is 0 Å². The zero-order chi connectivity index (χ0) is 26.6. The van der Waals surface area contributed by atoms with Gasteiger partial charge in [0.05, 0.1) is 0 Å². The highest BCUT2D eigenvalue weighted by atomic mass is 16.2. The molecule has 194 valence electrons. The average Bonchev–Trinajstić information content (AvgIpc) is 3.37. The van der Waals surface area contributed by atoms with Crippen LogP contribution in [-0.4, -0.2) is 34.0 Å². The van der Waals surface area contributed by atoms with Gasteiger partial charge in [-0.05, 0) is 54.5 Å². The molecular formula is C30H32N6O2. The van der Waals surface area contributed by atoms with Gasteiger partial charge in [0, 0.05) is 37.7 Å². The number of pyridine rings is 1. The summed E-state index contributed by atoms with van der Waals surface area (Å²) in [5, 5.41) is 2.97. The maximum Gasteiger partial charge on any atom is 0.294 e. The second kappa shape index (κ2) is 10.9. The molecule has 2 aromatic carbocycles. The van der Waals surface area contributed by atoms with Crippen molar-refractivity contribution in [2.45, 2.75) is 38.8 Å². The summed E-state index contributed by atoms with van der Waals surface area (Å²) in [6, 6.07) is 21.6. The number of fused-ring (bicyclic) bond motifs is 1. The van der Waals surface area contributed by atoms with E-state index in [0.29, 0.717) is 37.6 Å². The number of aromatic nitrogens is 3. The molecule has 4 aromatic rings. The van der Waals surface area contributed by atoms with Gasteiger partial charge in [0.1, 0.15) is 11.9 Å². The molecule has 0 radical (unpaired) electrons. The number of nitrogens with zero attached hydrogens (tertiary/aromatic N) is 4. The molecule has 1 aliphatic rings. The van der Waals surface area contributed by atoms with Gasteiger partial charge in [0.25, 0.3) is 5.56 Å². The summed E-state index contributed by atoms with van der Waals surface area (Å²) in [7, 11) is 1.88. The number of hydrogen-bond acceptors (Lipinski definition) is 6. The number of carbonyl (C=O) groups is 1. The zero-order valence-corrected chi connectivity index (χ0v) is 21.7. The third-order valence-corrected chi connectivity index (χ3v) is 7.19. The molecule has 3 heterocycles. The first-order valence-electron chi connectivity index (χ1n) is 12.9. The van der Waals surface area contributed by atoms with E-state index in [1.165, 1.54) is 16.7 Å². The number of rotatable bonds is 8. The van der Waals surface area contributed by atoms with Crippen molar-refractivity contribution in [1.29, 1.82) is 0 Å². The van der Waals surface area contributed by atoms with Crippen molar-refractivity contribution in [2.75, 3.05) is 24.2 Å². The summed E-state index contributed by atoms with van der Waals surface area (Å²) in [5.41, 5.74) is 11.5. The van der Waals surface area contributed by atoms with E-state index in [9.17, 15) is 9.59 Å². The highest BCUT2D eigenvalue weighted by Gasteiger charge is 2.31. The van der Waals surface area contributed by atoms with E-state index in [2.05, 4.69) is 39.6 Å². The first kappa shape index (κ1) is 25.2. The molecule has 1 atom stereocenters. The fourth-order valence-corrected chi connectivity index (χ4v) is 5.07. The van der Waals surface area contributed by atoms with E-state index in [1.807, 2.05) is 55.3 Å². The van der Waals surface area contributed by atoms with Crippen molar-refractivity contribution >= 4 is 17.5 Å². The maximum atomic E-state index is 13.5. The van der Waals surface area contributed by atoms with E-state index in [0.717, 1.165) is 23.4 Å². The third-order valence-electron chi connectivity index (χ3n) is 7.19. The number of hydrogen-bond donors (Lipinski definition) is 2. The Morgan fingerprint density at radius 3 is 2.63 bits per heavy atom. The van der Waals surface area contributed by atoms with E-state index in [4.69, 9.17) is 5.73 Å². The first-order chi connectivity index (χ1) is 18.4. The smallest absolute Gasteiger partial charge is 0.294 e. The van der Waals surface area contributed by atoms with E-state index in [1.54, 1.807) is 16.8 Å². The fourth-order valence-electron chi connectivity index (χ4n) is 5.07. The molecular weight excluding hydrogens is 476 g/mol. The lowest BCUT2D eigenvalue weighted by molar-refractivity contribution is -0.124. The standard InChI is InChI=1S/C30H32N6O2/c1-20-23(12-15-27(31)34-20)18-33-29(37)26-14-13-24-19-32-28(30(38)36(24)26)35(2)17-16-22-10-6-7-11-25(22)21-8-4-3-5-9-21/h3-12,15,19,26H,13-14,16-18H2,1-2H3,(H2,31,34)(H,33,37)/t26-/m0/s1. The van der Waals surface area contributed by atoms with Crippen LogP contribution in [0, 0.1) is 6.92 Å². The summed E-state index contributed by atoms with van der Waals surface area (Å²) in [5.74, 6) is 0.615. The third kappa shape index (κ3) is 5.16. The Labute approximate surface area is 222 Å². The number of likely N-dealkylation sites (N-methyl/N-ethyl adjacent to an activating group) is 1. The van der Waals surface area contributed by atoms with Crippen LogP contribution in [0.4, 0.5) is 11.6 Å². The van der Waals surface area contributed by atoms with Crippen LogP contribution in [0.5, 0.6) is 0 Å². The fraction of sp³-hybridized carbons (Fsp3) is 0.267. The monoisotopic (exact) mass is 508 g/mol. The van der Waals surface area contributed by atoms with Crippen molar-refractivity contribution in [1.82, 2.24) is 19.9 Å². The number of aryl methyl sites for hydroxylation is 2. The molecule has 1 amide bonds. The molecule has 0 spiro atoms. The van der Waals surface area contributed by atoms with Crippen LogP contribution in [0.3, 0.4) is 0 Å². The van der Waals surface area contributed by atoms with E-state index < -0.39 is 6.04 Å². The lowest BCUT2D eigenvalue weighted by atomic mass is 9.98. The number of benzene rings is 2.